The first-order valence-corrected chi connectivity index (χ1v) is 13.0. The molecule has 5 rings (SSSR count). The number of amides is 3. The zero-order valence-electron chi connectivity index (χ0n) is 22.9. The molecule has 3 heterocycles. The van der Waals surface area contributed by atoms with Gasteiger partial charge in [-0.25, -0.2) is 9.80 Å². The second-order valence-corrected chi connectivity index (χ2v) is 10.8. The van der Waals surface area contributed by atoms with Crippen molar-refractivity contribution >= 4 is 31.3 Å². The van der Waals surface area contributed by atoms with E-state index in [4.69, 9.17) is 4.74 Å². The Morgan fingerprint density at radius 1 is 0.841 bits per heavy atom. The third-order valence-electron chi connectivity index (χ3n) is 8.12. The number of carbonyl (C=O) groups excluding carboxylic acids is 3. The highest BCUT2D eigenvalue weighted by Crippen LogP contribution is 2.48. The van der Waals surface area contributed by atoms with E-state index in [-0.39, 0.29) is 37.4 Å². The lowest BCUT2D eigenvalue weighted by atomic mass is 9.63. The maximum atomic E-state index is 13.4. The van der Waals surface area contributed by atoms with Crippen LogP contribution in [-0.2, 0) is 32.1 Å². The Bertz CT molecular complexity index is 1520. The molecular weight excluding hydrogens is 591 g/mol. The standard InChI is InChI=1S/C25H29BN4O14/c26-25(43)20(34,18(32)27-19(33)21(25,35)36)30-17(31)14-2-1-3-15(16(14)24(30,41)42)28-22(37,38)12-4-6-13(7-5-12)23(39,40)29-8-10-44-11-9-29/h1-7,28,34-43H,8-11,26H2,(H,27,32,33). The number of hydrogen-bond acceptors (Lipinski definition) is 16. The molecule has 236 valence electrons. The summed E-state index contributed by atoms with van der Waals surface area (Å²) in [4.78, 5) is 39.1. The van der Waals surface area contributed by atoms with Crippen molar-refractivity contribution in [1.29, 1.82) is 0 Å². The number of morpholine rings is 1. The molecule has 18 nitrogen and oxygen atoms in total. The van der Waals surface area contributed by atoms with E-state index < -0.39 is 74.2 Å². The van der Waals surface area contributed by atoms with Crippen LogP contribution in [0.5, 0.6) is 0 Å². The largest absolute Gasteiger partial charge is 0.387 e. The molecule has 2 fully saturated rings. The number of nitrogens with zero attached hydrogens (tertiary/aromatic N) is 2. The fraction of sp³-hybridized carbons (Fsp3) is 0.400. The van der Waals surface area contributed by atoms with Gasteiger partial charge in [-0.3, -0.25) is 19.7 Å². The fourth-order valence-electron chi connectivity index (χ4n) is 5.47. The third kappa shape index (κ3) is 4.34. The molecule has 0 aliphatic carbocycles. The Labute approximate surface area is 248 Å². The van der Waals surface area contributed by atoms with Crippen LogP contribution in [-0.4, -0.2) is 130 Å². The van der Waals surface area contributed by atoms with Crippen LogP contribution in [0.25, 0.3) is 0 Å². The minimum atomic E-state index is -3.93. The predicted octanol–water partition coefficient (Wildman–Crippen LogP) is -6.78. The summed E-state index contributed by atoms with van der Waals surface area (Å²) in [5.74, 6) is -18.5. The minimum Gasteiger partial charge on any atom is -0.387 e. The third-order valence-corrected chi connectivity index (χ3v) is 8.12. The van der Waals surface area contributed by atoms with E-state index in [1.165, 1.54) is 22.3 Å². The highest BCUT2D eigenvalue weighted by atomic mass is 16.6. The van der Waals surface area contributed by atoms with Gasteiger partial charge in [0.25, 0.3) is 47.0 Å². The molecule has 3 aliphatic heterocycles. The van der Waals surface area contributed by atoms with E-state index in [9.17, 15) is 65.4 Å². The molecule has 0 spiro atoms. The number of aliphatic hydroxyl groups is 10. The van der Waals surface area contributed by atoms with Crippen LogP contribution in [0, 0.1) is 0 Å². The van der Waals surface area contributed by atoms with Crippen LogP contribution in [0.3, 0.4) is 0 Å². The lowest BCUT2D eigenvalue weighted by Crippen LogP contribution is -2.87. The number of fused-ring (bicyclic) bond motifs is 1. The predicted molar refractivity (Wildman–Crippen MR) is 142 cm³/mol. The molecule has 2 aromatic carbocycles. The van der Waals surface area contributed by atoms with Crippen molar-refractivity contribution in [2.45, 2.75) is 34.7 Å². The van der Waals surface area contributed by atoms with Crippen molar-refractivity contribution < 1.29 is 70.2 Å². The second-order valence-electron chi connectivity index (χ2n) is 10.8. The molecule has 19 heteroatoms. The van der Waals surface area contributed by atoms with Gasteiger partial charge < -0.3 is 61.1 Å². The Hall–Kier alpha value is -3.57. The summed E-state index contributed by atoms with van der Waals surface area (Å²) in [6.07, 6.45) is 0. The van der Waals surface area contributed by atoms with Crippen molar-refractivity contribution in [3.63, 3.8) is 0 Å². The lowest BCUT2D eigenvalue weighted by Gasteiger charge is -2.53. The Morgan fingerprint density at radius 3 is 2.00 bits per heavy atom. The summed E-state index contributed by atoms with van der Waals surface area (Å²) < 4.78 is 5.20. The lowest BCUT2D eigenvalue weighted by molar-refractivity contribution is -0.356. The number of hydrogen-bond donors (Lipinski definition) is 12. The average molecular weight is 620 g/mol. The maximum absolute atomic E-state index is 13.4. The number of carbonyl (C=O) groups is 3. The van der Waals surface area contributed by atoms with Crippen LogP contribution in [0.2, 0.25) is 0 Å². The summed E-state index contributed by atoms with van der Waals surface area (Å²) >= 11 is 0. The Kier molecular flexibility index (Phi) is 7.22. The van der Waals surface area contributed by atoms with Crippen molar-refractivity contribution in [3.8, 4) is 0 Å². The van der Waals surface area contributed by atoms with E-state index in [2.05, 4.69) is 5.32 Å². The second kappa shape index (κ2) is 9.97. The zero-order valence-corrected chi connectivity index (χ0v) is 22.9. The van der Waals surface area contributed by atoms with Gasteiger partial charge >= 0.3 is 0 Å². The summed E-state index contributed by atoms with van der Waals surface area (Å²) in [6, 6.07) is 7.77. The van der Waals surface area contributed by atoms with Crippen molar-refractivity contribution in [1.82, 2.24) is 15.1 Å². The molecule has 3 aliphatic rings. The van der Waals surface area contributed by atoms with Crippen molar-refractivity contribution in [3.05, 3.63) is 64.7 Å². The molecule has 2 saturated heterocycles. The summed E-state index contributed by atoms with van der Waals surface area (Å²) in [5, 5.41) is 111. The highest BCUT2D eigenvalue weighted by molar-refractivity contribution is 6.25. The van der Waals surface area contributed by atoms with Gasteiger partial charge in [-0.05, 0) is 12.1 Å². The number of piperidine rings is 1. The first kappa shape index (κ1) is 31.8. The van der Waals surface area contributed by atoms with Gasteiger partial charge in [-0.1, -0.05) is 30.3 Å². The van der Waals surface area contributed by atoms with Crippen LogP contribution < -0.4 is 10.6 Å². The summed E-state index contributed by atoms with van der Waals surface area (Å²) in [7, 11) is 0.387. The van der Waals surface area contributed by atoms with Gasteiger partial charge in [-0.15, -0.1) is 0 Å². The topological polar surface area (TPSA) is 293 Å². The molecule has 0 saturated carbocycles. The van der Waals surface area contributed by atoms with Crippen LogP contribution in [0.4, 0.5) is 5.69 Å². The molecule has 2 unspecified atom stereocenters. The van der Waals surface area contributed by atoms with E-state index in [1.54, 1.807) is 0 Å². The minimum absolute atomic E-state index is 0.0288. The molecule has 2 atom stereocenters. The van der Waals surface area contributed by atoms with Crippen LogP contribution >= 0.6 is 0 Å². The Morgan fingerprint density at radius 2 is 1.41 bits per heavy atom. The highest BCUT2D eigenvalue weighted by Gasteiger charge is 2.76. The average Bonchev–Trinajstić information content (AvgIpc) is 3.17. The smallest absolute Gasteiger partial charge is 0.289 e. The zero-order chi connectivity index (χ0) is 32.7. The van der Waals surface area contributed by atoms with Gasteiger partial charge in [0, 0.05) is 29.9 Å². The van der Waals surface area contributed by atoms with Crippen LogP contribution in [0.15, 0.2) is 42.5 Å². The van der Waals surface area contributed by atoms with Gasteiger partial charge in [0.05, 0.1) is 24.3 Å². The summed E-state index contributed by atoms with van der Waals surface area (Å²) in [6.45, 7) is 0.940. The van der Waals surface area contributed by atoms with Gasteiger partial charge in [-0.2, -0.15) is 0 Å². The number of anilines is 1. The molecule has 2 aromatic rings. The summed E-state index contributed by atoms with van der Waals surface area (Å²) in [5.41, 5.74) is -10.0. The Balaban J connectivity index is 1.49. The van der Waals surface area contributed by atoms with Crippen molar-refractivity contribution in [2.75, 3.05) is 31.6 Å². The van der Waals surface area contributed by atoms with E-state index >= 15 is 0 Å². The monoisotopic (exact) mass is 620 g/mol. The van der Waals surface area contributed by atoms with Gasteiger partial charge in [0.2, 0.25) is 0 Å². The fourth-order valence-corrected chi connectivity index (χ4v) is 5.47. The first-order chi connectivity index (χ1) is 20.2. The number of benzene rings is 2. The van der Waals surface area contributed by atoms with Gasteiger partial charge in [0.1, 0.15) is 5.50 Å². The first-order valence-electron chi connectivity index (χ1n) is 13.0. The quantitative estimate of drug-likeness (QED) is 0.0812. The molecule has 44 heavy (non-hydrogen) atoms. The van der Waals surface area contributed by atoms with Crippen molar-refractivity contribution in [2.24, 2.45) is 0 Å². The molecule has 0 aromatic heterocycles. The van der Waals surface area contributed by atoms with Crippen LogP contribution in [0.1, 0.15) is 27.0 Å². The van der Waals surface area contributed by atoms with E-state index in [1.807, 2.05) is 0 Å². The molecule has 0 bridgehead atoms. The maximum Gasteiger partial charge on any atom is 0.289 e. The normalized spacial score (nSPS) is 27.2. The number of ether oxygens (including phenoxy) is 1. The van der Waals surface area contributed by atoms with Gasteiger partial charge in [0.15, 0.2) is 7.85 Å². The van der Waals surface area contributed by atoms with E-state index in [0.717, 1.165) is 30.3 Å². The SMILES string of the molecule is BC1(O)C(O)(O)C(=O)NC(=O)C1(O)N1C(=O)c2cccc(NC(O)(O)c3ccc(C(O)(O)N4CCOCC4)cc3)c2C1(O)O. The van der Waals surface area contributed by atoms with E-state index in [0.29, 0.717) is 7.85 Å². The molecular formula is C25H29BN4O14. The molecule has 0 radical (unpaired) electrons. The molecule has 3 amide bonds. The number of rotatable bonds is 6. The number of imide groups is 1. The number of nitrogens with one attached hydrogen (secondary N) is 2. The molecule has 12 N–H and O–H groups in total.